The second-order valence-electron chi connectivity index (χ2n) is 16.4. The minimum Gasteiger partial charge on any atom is -0.461 e. The fourth-order valence-electron chi connectivity index (χ4n) is 8.47. The zero-order valence-corrected chi connectivity index (χ0v) is 33.8. The molecule has 286 valence electrons. The molecule has 0 unspecified atom stereocenters. The number of carbonyl (C=O) groups is 2. The van der Waals surface area contributed by atoms with Crippen molar-refractivity contribution < 1.29 is 23.5 Å². The van der Waals surface area contributed by atoms with Gasteiger partial charge in [0.15, 0.2) is 0 Å². The molecule has 1 aliphatic rings. The van der Waals surface area contributed by atoms with E-state index in [4.69, 9.17) is 13.9 Å². The molecule has 0 radical (unpaired) electrons. The van der Waals surface area contributed by atoms with Crippen molar-refractivity contribution in [2.24, 2.45) is 10.8 Å². The van der Waals surface area contributed by atoms with Gasteiger partial charge in [-0.1, -0.05) is 143 Å². The Bertz CT molecular complexity index is 1630. The molecule has 5 nitrogen and oxygen atoms in total. The van der Waals surface area contributed by atoms with Crippen LogP contribution in [0, 0.1) is 10.8 Å². The lowest BCUT2D eigenvalue weighted by Gasteiger charge is -2.45. The van der Waals surface area contributed by atoms with Gasteiger partial charge in [-0.15, -0.1) is 6.58 Å². The van der Waals surface area contributed by atoms with Crippen LogP contribution >= 0.6 is 0 Å². The Morgan fingerprint density at radius 1 is 0.667 bits per heavy atom. The van der Waals surface area contributed by atoms with Crippen molar-refractivity contribution in [3.63, 3.8) is 0 Å². The molecule has 0 amide bonds. The number of hydrogen-bond acceptors (Lipinski definition) is 5. The lowest BCUT2D eigenvalue weighted by atomic mass is 9.66. The molecule has 0 saturated heterocycles. The maximum absolute atomic E-state index is 13.3. The highest BCUT2D eigenvalue weighted by Gasteiger charge is 2.50. The Balaban J connectivity index is 1.42. The summed E-state index contributed by atoms with van der Waals surface area (Å²) in [6.07, 6.45) is 12.9. The van der Waals surface area contributed by atoms with Gasteiger partial charge in [-0.3, -0.25) is 0 Å². The zero-order valence-electron chi connectivity index (χ0n) is 32.8. The normalized spacial score (nSPS) is 14.6. The van der Waals surface area contributed by atoms with E-state index in [1.165, 1.54) is 29.6 Å². The van der Waals surface area contributed by atoms with Crippen LogP contribution in [-0.2, 0) is 13.9 Å². The van der Waals surface area contributed by atoms with Gasteiger partial charge in [-0.25, -0.2) is 9.59 Å². The maximum atomic E-state index is 13.3. The van der Waals surface area contributed by atoms with Gasteiger partial charge < -0.3 is 13.9 Å². The van der Waals surface area contributed by atoms with Crippen molar-refractivity contribution in [1.82, 2.24) is 0 Å². The summed E-state index contributed by atoms with van der Waals surface area (Å²) in [5.41, 5.74) is 0.549. The molecule has 0 aliphatic heterocycles. The van der Waals surface area contributed by atoms with Gasteiger partial charge in [0, 0.05) is 12.0 Å². The third-order valence-corrected chi connectivity index (χ3v) is 16.7. The van der Waals surface area contributed by atoms with Crippen LogP contribution in [0.4, 0.5) is 0 Å². The minimum atomic E-state index is -2.69. The molecule has 0 aromatic heterocycles. The first-order valence-corrected chi connectivity index (χ1v) is 21.8. The molecule has 4 aromatic carbocycles. The summed E-state index contributed by atoms with van der Waals surface area (Å²) in [6, 6.07) is 40.0. The van der Waals surface area contributed by atoms with E-state index in [1.54, 1.807) is 24.3 Å². The quantitative estimate of drug-likeness (QED) is 0.0414. The van der Waals surface area contributed by atoms with Gasteiger partial charge in [0.25, 0.3) is 8.32 Å². The molecule has 0 N–H and O–H groups in total. The zero-order chi connectivity index (χ0) is 38.3. The number of allylic oxidation sites excluding steroid dienone is 1. The number of ether oxygens (including phenoxy) is 2. The summed E-state index contributed by atoms with van der Waals surface area (Å²) in [4.78, 5) is 26.7. The summed E-state index contributed by atoms with van der Waals surface area (Å²) in [5, 5.41) is 2.49. The average molecular weight is 745 g/mol. The summed E-state index contributed by atoms with van der Waals surface area (Å²) in [6.45, 7) is 12.0. The molecule has 0 heterocycles. The largest absolute Gasteiger partial charge is 0.461 e. The smallest absolute Gasteiger partial charge is 0.338 e. The van der Waals surface area contributed by atoms with E-state index >= 15 is 0 Å². The van der Waals surface area contributed by atoms with Gasteiger partial charge in [0.2, 0.25) is 0 Å². The maximum Gasteiger partial charge on any atom is 0.338 e. The van der Waals surface area contributed by atoms with Crippen LogP contribution in [-0.4, -0.2) is 40.1 Å². The van der Waals surface area contributed by atoms with E-state index in [1.807, 2.05) is 42.5 Å². The molecular weight excluding hydrogens is 685 g/mol. The van der Waals surface area contributed by atoms with Crippen molar-refractivity contribution in [2.75, 3.05) is 19.8 Å². The van der Waals surface area contributed by atoms with Crippen LogP contribution in [0.15, 0.2) is 134 Å². The predicted octanol–water partition coefficient (Wildman–Crippen LogP) is 10.7. The number of carbonyl (C=O) groups excluding carboxylic acids is 2. The summed E-state index contributed by atoms with van der Waals surface area (Å²) in [5.74, 6) is -0.715. The number of unbranched alkanes of at least 4 members (excludes halogenated alkanes) is 1. The highest BCUT2D eigenvalue weighted by Crippen LogP contribution is 2.47. The van der Waals surface area contributed by atoms with Crippen molar-refractivity contribution >= 4 is 30.6 Å². The summed E-state index contributed by atoms with van der Waals surface area (Å²) >= 11 is 0. The molecular formula is C48H60O5Si. The van der Waals surface area contributed by atoms with Crippen LogP contribution in [0.2, 0.25) is 5.04 Å². The molecule has 0 spiro atoms. The second kappa shape index (κ2) is 19.4. The fourth-order valence-corrected chi connectivity index (χ4v) is 13.0. The van der Waals surface area contributed by atoms with Gasteiger partial charge in [-0.05, 0) is 96.5 Å². The van der Waals surface area contributed by atoms with E-state index in [9.17, 15) is 9.59 Å². The van der Waals surface area contributed by atoms with E-state index < -0.39 is 13.7 Å². The first-order chi connectivity index (χ1) is 26.1. The van der Waals surface area contributed by atoms with Crippen LogP contribution < -0.4 is 10.4 Å². The van der Waals surface area contributed by atoms with Gasteiger partial charge >= 0.3 is 11.9 Å². The third-order valence-electron chi connectivity index (χ3n) is 11.6. The third kappa shape index (κ3) is 10.5. The molecule has 5 rings (SSSR count). The Kier molecular flexibility index (Phi) is 14.7. The number of hydrogen-bond donors (Lipinski definition) is 0. The molecule has 1 saturated carbocycles. The van der Waals surface area contributed by atoms with Gasteiger partial charge in [-0.2, -0.15) is 0 Å². The highest BCUT2D eigenvalue weighted by atomic mass is 28.4. The Labute approximate surface area is 325 Å². The Morgan fingerprint density at radius 3 is 1.57 bits per heavy atom. The number of esters is 2. The van der Waals surface area contributed by atoms with Crippen molar-refractivity contribution in [3.05, 3.63) is 145 Å². The molecule has 1 fully saturated rings. The monoisotopic (exact) mass is 744 g/mol. The molecule has 54 heavy (non-hydrogen) atoms. The van der Waals surface area contributed by atoms with E-state index in [2.05, 4.69) is 88.0 Å². The van der Waals surface area contributed by atoms with Crippen LogP contribution in [0.1, 0.15) is 112 Å². The molecule has 0 bridgehead atoms. The second-order valence-corrected chi connectivity index (χ2v) is 20.7. The summed E-state index contributed by atoms with van der Waals surface area (Å²) in [7, 11) is -2.69. The molecule has 6 heteroatoms. The van der Waals surface area contributed by atoms with E-state index in [0.717, 1.165) is 51.4 Å². The molecule has 0 atom stereocenters. The number of rotatable bonds is 19. The highest BCUT2D eigenvalue weighted by molar-refractivity contribution is 6.99. The van der Waals surface area contributed by atoms with Gasteiger partial charge in [0.1, 0.15) is 13.2 Å². The van der Waals surface area contributed by atoms with Crippen LogP contribution in [0.5, 0.6) is 0 Å². The minimum absolute atomic E-state index is 0.0697. The molecule has 4 aromatic rings. The number of benzene rings is 4. The Morgan fingerprint density at radius 2 is 1.13 bits per heavy atom. The Hall–Kier alpha value is -4.26. The van der Waals surface area contributed by atoms with E-state index in [0.29, 0.717) is 17.7 Å². The van der Waals surface area contributed by atoms with Crippen molar-refractivity contribution in [1.29, 1.82) is 0 Å². The fraction of sp³-hybridized carbons (Fsp3) is 0.417. The topological polar surface area (TPSA) is 61.8 Å². The SMILES string of the molecule is C=CCCCC(CCC1(CCO[Si](c2ccccc2)(c2ccccc2)C(C)(C)C)CCCCC1)(COC(=O)c1ccccc1)COC(=O)c1ccccc1. The van der Waals surface area contributed by atoms with E-state index in [-0.39, 0.29) is 35.6 Å². The lowest BCUT2D eigenvalue weighted by Crippen LogP contribution is -2.66. The lowest BCUT2D eigenvalue weighted by molar-refractivity contribution is -0.0213. The van der Waals surface area contributed by atoms with Gasteiger partial charge in [0.05, 0.1) is 11.1 Å². The van der Waals surface area contributed by atoms with Crippen LogP contribution in [0.3, 0.4) is 0 Å². The van der Waals surface area contributed by atoms with Crippen LogP contribution in [0.25, 0.3) is 0 Å². The standard InChI is InChI=1S/C48H60O5Si/c1-5-6-20-33-48(38-51-44(49)40-23-12-7-13-24-40,39-52-45(50)41-25-14-8-15-26-41)35-34-47(31-21-11-22-32-47)36-37-53-54(46(2,3)4,42-27-16-9-17-28-42)43-29-18-10-19-30-43/h5,7-10,12-19,23-30H,1,6,11,20-22,31-39H2,2-4H3. The first-order valence-electron chi connectivity index (χ1n) is 19.9. The van der Waals surface area contributed by atoms with Crippen molar-refractivity contribution in [3.8, 4) is 0 Å². The average Bonchev–Trinajstić information content (AvgIpc) is 3.21. The first kappa shape index (κ1) is 40.9. The molecule has 1 aliphatic carbocycles. The van der Waals surface area contributed by atoms with Crippen molar-refractivity contribution in [2.45, 2.75) is 96.4 Å². The summed E-state index contributed by atoms with van der Waals surface area (Å²) < 4.78 is 19.7. The predicted molar refractivity (Wildman–Crippen MR) is 223 cm³/mol.